The molecule has 0 saturated carbocycles. The van der Waals surface area contributed by atoms with Crippen molar-refractivity contribution in [2.45, 2.75) is 20.8 Å². The molecule has 3 rings (SSSR count). The summed E-state index contributed by atoms with van der Waals surface area (Å²) in [4.78, 5) is 25.4. The molecule has 1 aromatic heterocycles. The van der Waals surface area contributed by atoms with Gasteiger partial charge < -0.3 is 16.0 Å². The van der Waals surface area contributed by atoms with E-state index in [-0.39, 0.29) is 17.6 Å². The average Bonchev–Trinajstić information content (AvgIpc) is 3.04. The van der Waals surface area contributed by atoms with Crippen LogP contribution >= 0.6 is 0 Å². The molecule has 144 valence electrons. The molecule has 0 saturated heterocycles. The largest absolute Gasteiger partial charge is 0.341 e. The molecule has 0 bridgehead atoms. The zero-order valence-corrected chi connectivity index (χ0v) is 16.2. The van der Waals surface area contributed by atoms with E-state index in [2.05, 4.69) is 26.1 Å². The number of aryl methyl sites for hydroxylation is 3. The maximum absolute atomic E-state index is 12.6. The molecule has 8 nitrogen and oxygen atoms in total. The number of benzene rings is 2. The van der Waals surface area contributed by atoms with Gasteiger partial charge in [0.1, 0.15) is 0 Å². The minimum absolute atomic E-state index is 0.257. The maximum atomic E-state index is 12.6. The van der Waals surface area contributed by atoms with Crippen LogP contribution in [-0.4, -0.2) is 34.0 Å². The van der Waals surface area contributed by atoms with Gasteiger partial charge in [0.2, 0.25) is 0 Å². The van der Waals surface area contributed by atoms with Crippen molar-refractivity contribution in [2.24, 2.45) is 0 Å². The van der Waals surface area contributed by atoms with Crippen molar-refractivity contribution in [1.29, 1.82) is 0 Å². The lowest BCUT2D eigenvalue weighted by Crippen LogP contribution is -2.24. The van der Waals surface area contributed by atoms with Gasteiger partial charge in [-0.05, 0) is 56.7 Å². The molecule has 0 aliphatic heterocycles. The second-order valence-corrected chi connectivity index (χ2v) is 6.45. The fraction of sp³-hybridized carbons (Fsp3) is 0.200. The second-order valence-electron chi connectivity index (χ2n) is 6.45. The third-order valence-electron chi connectivity index (χ3n) is 4.19. The van der Waals surface area contributed by atoms with Gasteiger partial charge in [-0.25, -0.2) is 4.79 Å². The Morgan fingerprint density at radius 1 is 0.893 bits per heavy atom. The molecular formula is C20H22N6O2. The summed E-state index contributed by atoms with van der Waals surface area (Å²) < 4.78 is 0. The van der Waals surface area contributed by atoms with Crippen molar-refractivity contribution in [3.8, 4) is 5.69 Å². The first-order chi connectivity index (χ1) is 13.4. The fourth-order valence-electron chi connectivity index (χ4n) is 2.75. The minimum Gasteiger partial charge on any atom is -0.341 e. The summed E-state index contributed by atoms with van der Waals surface area (Å²) >= 11 is 0. The van der Waals surface area contributed by atoms with Crippen LogP contribution < -0.4 is 16.0 Å². The Bertz CT molecular complexity index is 1020. The SMILES string of the molecule is CNC(=O)Nc1ccc(NC(=O)c2nn(-c3ccc(C)cc3C)nc2C)cc1. The summed E-state index contributed by atoms with van der Waals surface area (Å²) in [6.45, 7) is 5.75. The van der Waals surface area contributed by atoms with Crippen molar-refractivity contribution in [1.82, 2.24) is 20.3 Å². The highest BCUT2D eigenvalue weighted by Gasteiger charge is 2.17. The van der Waals surface area contributed by atoms with Crippen LogP contribution in [0.5, 0.6) is 0 Å². The highest BCUT2D eigenvalue weighted by atomic mass is 16.2. The molecule has 0 aliphatic rings. The highest BCUT2D eigenvalue weighted by Crippen LogP contribution is 2.17. The van der Waals surface area contributed by atoms with Crippen LogP contribution in [0, 0.1) is 20.8 Å². The van der Waals surface area contributed by atoms with Crippen molar-refractivity contribution >= 4 is 23.3 Å². The molecule has 0 unspecified atom stereocenters. The van der Waals surface area contributed by atoms with Crippen LogP contribution in [-0.2, 0) is 0 Å². The van der Waals surface area contributed by atoms with E-state index in [4.69, 9.17) is 0 Å². The minimum atomic E-state index is -0.347. The lowest BCUT2D eigenvalue weighted by atomic mass is 10.1. The number of hydrogen-bond donors (Lipinski definition) is 3. The number of aromatic nitrogens is 3. The molecule has 2 aromatic carbocycles. The Kier molecular flexibility index (Phi) is 5.39. The number of anilines is 2. The first kappa shape index (κ1) is 19.1. The van der Waals surface area contributed by atoms with Crippen molar-refractivity contribution in [3.05, 3.63) is 65.0 Å². The monoisotopic (exact) mass is 378 g/mol. The van der Waals surface area contributed by atoms with Crippen LogP contribution in [0.4, 0.5) is 16.2 Å². The second kappa shape index (κ2) is 7.91. The molecule has 0 spiro atoms. The summed E-state index contributed by atoms with van der Waals surface area (Å²) in [5.74, 6) is -0.347. The Labute approximate surface area is 163 Å². The van der Waals surface area contributed by atoms with E-state index in [1.807, 2.05) is 32.0 Å². The van der Waals surface area contributed by atoms with Gasteiger partial charge in [0.05, 0.1) is 11.4 Å². The van der Waals surface area contributed by atoms with E-state index in [9.17, 15) is 9.59 Å². The first-order valence-corrected chi connectivity index (χ1v) is 8.79. The predicted octanol–water partition coefficient (Wildman–Crippen LogP) is 3.20. The topological polar surface area (TPSA) is 101 Å². The van der Waals surface area contributed by atoms with E-state index in [0.717, 1.165) is 16.8 Å². The third-order valence-corrected chi connectivity index (χ3v) is 4.19. The molecule has 3 N–H and O–H groups in total. The molecule has 1 heterocycles. The Hall–Kier alpha value is -3.68. The first-order valence-electron chi connectivity index (χ1n) is 8.79. The number of urea groups is 1. The van der Waals surface area contributed by atoms with Gasteiger partial charge in [0.25, 0.3) is 5.91 Å². The molecule has 8 heteroatoms. The van der Waals surface area contributed by atoms with Gasteiger partial charge in [-0.2, -0.15) is 9.90 Å². The third kappa shape index (κ3) is 4.17. The molecule has 0 radical (unpaired) electrons. The highest BCUT2D eigenvalue weighted by molar-refractivity contribution is 6.03. The van der Waals surface area contributed by atoms with E-state index in [1.54, 1.807) is 31.2 Å². The van der Waals surface area contributed by atoms with Crippen LogP contribution in [0.15, 0.2) is 42.5 Å². The van der Waals surface area contributed by atoms with Gasteiger partial charge in [0, 0.05) is 18.4 Å². The summed E-state index contributed by atoms with van der Waals surface area (Å²) in [6, 6.07) is 12.4. The summed E-state index contributed by atoms with van der Waals surface area (Å²) in [6.07, 6.45) is 0. The van der Waals surface area contributed by atoms with Gasteiger partial charge in [-0.3, -0.25) is 4.79 Å². The number of carbonyl (C=O) groups excluding carboxylic acids is 2. The van der Waals surface area contributed by atoms with Crippen molar-refractivity contribution in [2.75, 3.05) is 17.7 Å². The number of rotatable bonds is 4. The number of nitrogens with zero attached hydrogens (tertiary/aromatic N) is 3. The zero-order chi connectivity index (χ0) is 20.3. The average molecular weight is 378 g/mol. The number of hydrogen-bond acceptors (Lipinski definition) is 4. The lowest BCUT2D eigenvalue weighted by Gasteiger charge is -2.07. The fourth-order valence-corrected chi connectivity index (χ4v) is 2.75. The molecule has 3 amide bonds. The zero-order valence-electron chi connectivity index (χ0n) is 16.2. The summed E-state index contributed by atoms with van der Waals surface area (Å²) in [5.41, 5.74) is 5.01. The molecule has 3 aromatic rings. The van der Waals surface area contributed by atoms with Gasteiger partial charge >= 0.3 is 6.03 Å². The van der Waals surface area contributed by atoms with Crippen LogP contribution in [0.1, 0.15) is 27.3 Å². The lowest BCUT2D eigenvalue weighted by molar-refractivity contribution is 0.102. The van der Waals surface area contributed by atoms with Gasteiger partial charge in [0.15, 0.2) is 5.69 Å². The Morgan fingerprint density at radius 2 is 1.54 bits per heavy atom. The quantitative estimate of drug-likeness (QED) is 0.649. The Balaban J connectivity index is 1.76. The molecular weight excluding hydrogens is 356 g/mol. The van der Waals surface area contributed by atoms with E-state index >= 15 is 0 Å². The number of carbonyl (C=O) groups is 2. The maximum Gasteiger partial charge on any atom is 0.318 e. The van der Waals surface area contributed by atoms with E-state index in [1.165, 1.54) is 11.8 Å². The van der Waals surface area contributed by atoms with E-state index in [0.29, 0.717) is 17.1 Å². The van der Waals surface area contributed by atoms with Gasteiger partial charge in [-0.1, -0.05) is 17.7 Å². The normalized spacial score (nSPS) is 10.4. The number of nitrogens with one attached hydrogen (secondary N) is 3. The summed E-state index contributed by atoms with van der Waals surface area (Å²) in [7, 11) is 1.54. The molecule has 0 fully saturated rings. The molecule has 0 atom stereocenters. The summed E-state index contributed by atoms with van der Waals surface area (Å²) in [5, 5.41) is 16.7. The predicted molar refractivity (Wildman–Crippen MR) is 108 cm³/mol. The van der Waals surface area contributed by atoms with Crippen LogP contribution in [0.2, 0.25) is 0 Å². The molecule has 28 heavy (non-hydrogen) atoms. The number of amides is 3. The van der Waals surface area contributed by atoms with Crippen molar-refractivity contribution in [3.63, 3.8) is 0 Å². The van der Waals surface area contributed by atoms with Crippen LogP contribution in [0.3, 0.4) is 0 Å². The van der Waals surface area contributed by atoms with Crippen molar-refractivity contribution < 1.29 is 9.59 Å². The van der Waals surface area contributed by atoms with Crippen LogP contribution in [0.25, 0.3) is 5.69 Å². The standard InChI is InChI=1S/C20H22N6O2/c1-12-5-10-17(13(2)11-12)26-24-14(3)18(25-26)19(27)22-15-6-8-16(9-7-15)23-20(28)21-4/h5-11H,1-4H3,(H,22,27)(H2,21,23,28). The van der Waals surface area contributed by atoms with Gasteiger partial charge in [-0.15, -0.1) is 5.10 Å². The smallest absolute Gasteiger partial charge is 0.318 e. The molecule has 0 aliphatic carbocycles. The van der Waals surface area contributed by atoms with E-state index < -0.39 is 0 Å². The Morgan fingerprint density at radius 3 is 2.14 bits per heavy atom.